The molecule has 2 fully saturated rings. The third-order valence-corrected chi connectivity index (χ3v) is 10.2. The molecule has 48 heavy (non-hydrogen) atoms. The van der Waals surface area contributed by atoms with Crippen LogP contribution in [0.4, 0.5) is 15.9 Å². The van der Waals surface area contributed by atoms with E-state index in [1.807, 2.05) is 14.0 Å². The number of aryl methyl sites for hydroxylation is 1. The van der Waals surface area contributed by atoms with Gasteiger partial charge in [0.1, 0.15) is 28.6 Å². The molecule has 1 aliphatic heterocycles. The molecular weight excluding hydrogens is 637 g/mol. The SMILES string of the molecule is CCn1nccc1N(C=O)[C@H](C(=O)Nc1ccc([C@H](C)[C@@H](NC(=O)c2cnns2)C(=O)N2CCN(C)CC2)cc1F)C1CCCCCC1. The number of aromatic nitrogens is 4. The van der Waals surface area contributed by atoms with Crippen molar-refractivity contribution >= 4 is 47.2 Å². The van der Waals surface area contributed by atoms with Crippen molar-refractivity contribution in [1.29, 1.82) is 0 Å². The van der Waals surface area contributed by atoms with Crippen LogP contribution in [0.15, 0.2) is 36.7 Å². The molecule has 3 aromatic rings. The number of carbonyl (C=O) groups is 4. The first-order chi connectivity index (χ1) is 23.2. The lowest BCUT2D eigenvalue weighted by atomic mass is 9.89. The van der Waals surface area contributed by atoms with Crippen LogP contribution in [0.1, 0.15) is 73.5 Å². The summed E-state index contributed by atoms with van der Waals surface area (Å²) < 4.78 is 21.3. The maximum Gasteiger partial charge on any atom is 0.265 e. The lowest BCUT2D eigenvalue weighted by molar-refractivity contribution is -0.135. The molecule has 2 aromatic heterocycles. The zero-order chi connectivity index (χ0) is 34.2. The summed E-state index contributed by atoms with van der Waals surface area (Å²) in [5.74, 6) is -2.13. The first-order valence-electron chi connectivity index (χ1n) is 16.6. The molecule has 0 unspecified atom stereocenters. The number of carbonyl (C=O) groups excluding carboxylic acids is 4. The first-order valence-corrected chi connectivity index (χ1v) is 17.4. The van der Waals surface area contributed by atoms with Crippen molar-refractivity contribution in [2.45, 2.75) is 76.9 Å². The van der Waals surface area contributed by atoms with Crippen LogP contribution in [0.5, 0.6) is 0 Å². The minimum atomic E-state index is -0.980. The average Bonchev–Trinajstić information content (AvgIpc) is 3.74. The van der Waals surface area contributed by atoms with Gasteiger partial charge in [-0.1, -0.05) is 43.2 Å². The number of halogens is 1. The van der Waals surface area contributed by atoms with E-state index in [1.165, 1.54) is 23.2 Å². The highest BCUT2D eigenvalue weighted by atomic mass is 32.1. The predicted octanol–water partition coefficient (Wildman–Crippen LogP) is 3.51. The van der Waals surface area contributed by atoms with E-state index >= 15 is 4.39 Å². The Bertz CT molecular complexity index is 1550. The predicted molar refractivity (Wildman–Crippen MR) is 180 cm³/mol. The second-order valence-electron chi connectivity index (χ2n) is 12.6. The Morgan fingerprint density at radius 1 is 1.10 bits per heavy atom. The molecular formula is C33H44FN9O4S. The van der Waals surface area contributed by atoms with Gasteiger partial charge in [-0.15, -0.1) is 5.10 Å². The van der Waals surface area contributed by atoms with Gasteiger partial charge in [0.05, 0.1) is 18.1 Å². The van der Waals surface area contributed by atoms with Crippen molar-refractivity contribution in [2.24, 2.45) is 5.92 Å². The number of amides is 4. The molecule has 3 heterocycles. The van der Waals surface area contributed by atoms with Gasteiger partial charge in [0.2, 0.25) is 18.2 Å². The van der Waals surface area contributed by atoms with E-state index in [0.717, 1.165) is 50.1 Å². The quantitative estimate of drug-likeness (QED) is 0.218. The fourth-order valence-corrected chi connectivity index (χ4v) is 7.08. The molecule has 2 N–H and O–H groups in total. The highest BCUT2D eigenvalue weighted by Gasteiger charge is 2.37. The maximum absolute atomic E-state index is 15.8. The number of hydrogen-bond donors (Lipinski definition) is 2. The van der Waals surface area contributed by atoms with Crippen LogP contribution >= 0.6 is 11.5 Å². The van der Waals surface area contributed by atoms with Gasteiger partial charge < -0.3 is 20.4 Å². The Balaban J connectivity index is 1.39. The van der Waals surface area contributed by atoms with Gasteiger partial charge in [0.25, 0.3) is 5.91 Å². The molecule has 15 heteroatoms. The van der Waals surface area contributed by atoms with Crippen LogP contribution in [0.3, 0.4) is 0 Å². The Labute approximate surface area is 284 Å². The summed E-state index contributed by atoms with van der Waals surface area (Å²) in [6.45, 7) is 6.60. The monoisotopic (exact) mass is 681 g/mol. The molecule has 13 nitrogen and oxygen atoms in total. The van der Waals surface area contributed by atoms with Crippen molar-refractivity contribution in [1.82, 2.24) is 34.5 Å². The Kier molecular flexibility index (Phi) is 11.9. The Hall–Kier alpha value is -4.24. The number of piperazine rings is 1. The van der Waals surface area contributed by atoms with Crippen molar-refractivity contribution in [3.8, 4) is 0 Å². The number of likely N-dealkylation sites (N-methyl/N-ethyl adjacent to an activating group) is 1. The second-order valence-corrected chi connectivity index (χ2v) is 13.4. The Morgan fingerprint density at radius 3 is 2.46 bits per heavy atom. The van der Waals surface area contributed by atoms with E-state index in [9.17, 15) is 19.2 Å². The standard InChI is InChI=1S/C33H44FN9O4S/c1-4-43-28(13-14-36-43)42(21-44)30(23-9-7-5-6-8-10-23)32(46)37-26-12-11-24(19-25(26)34)22(2)29(38-31(45)27-20-35-39-48-27)33(47)41-17-15-40(3)16-18-41/h11-14,19-23,29-30H,4-10,15-18H2,1-3H3,(H,37,46)(H,38,45)/t22-,29+,30-/m0/s1. The summed E-state index contributed by atoms with van der Waals surface area (Å²) in [5, 5.41) is 13.6. The van der Waals surface area contributed by atoms with Crippen molar-refractivity contribution in [2.75, 3.05) is 43.4 Å². The topological polar surface area (TPSA) is 146 Å². The molecule has 0 bridgehead atoms. The molecule has 4 amide bonds. The third-order valence-electron chi connectivity index (χ3n) is 9.52. The van der Waals surface area contributed by atoms with Crippen LogP contribution in [-0.2, 0) is 20.9 Å². The zero-order valence-corrected chi connectivity index (χ0v) is 28.5. The summed E-state index contributed by atoms with van der Waals surface area (Å²) in [7, 11) is 1.99. The highest BCUT2D eigenvalue weighted by Crippen LogP contribution is 2.32. The maximum atomic E-state index is 15.8. The van der Waals surface area contributed by atoms with Gasteiger partial charge in [-0.25, -0.2) is 9.07 Å². The van der Waals surface area contributed by atoms with E-state index in [1.54, 1.807) is 34.8 Å². The Morgan fingerprint density at radius 2 is 1.83 bits per heavy atom. The van der Waals surface area contributed by atoms with Gasteiger partial charge >= 0.3 is 0 Å². The number of nitrogens with zero attached hydrogens (tertiary/aromatic N) is 7. The van der Waals surface area contributed by atoms with Gasteiger partial charge in [-0.2, -0.15) is 5.10 Å². The van der Waals surface area contributed by atoms with Gasteiger partial charge in [0, 0.05) is 44.7 Å². The van der Waals surface area contributed by atoms with E-state index in [4.69, 9.17) is 0 Å². The summed E-state index contributed by atoms with van der Waals surface area (Å²) in [6, 6.07) is 4.27. The summed E-state index contributed by atoms with van der Waals surface area (Å²) >= 11 is 0.921. The number of hydrogen-bond acceptors (Lipinski definition) is 9. The smallest absolute Gasteiger partial charge is 0.265 e. The molecule has 258 valence electrons. The normalized spacial score (nSPS) is 18.0. The molecule has 3 atom stereocenters. The molecule has 2 aliphatic rings. The third kappa shape index (κ3) is 8.06. The number of benzene rings is 1. The van der Waals surface area contributed by atoms with E-state index < -0.39 is 35.6 Å². The second kappa shape index (κ2) is 16.2. The molecule has 1 aliphatic carbocycles. The molecule has 1 saturated carbocycles. The average molecular weight is 682 g/mol. The largest absolute Gasteiger partial charge is 0.339 e. The number of anilines is 2. The fourth-order valence-electron chi connectivity index (χ4n) is 6.66. The highest BCUT2D eigenvalue weighted by molar-refractivity contribution is 7.07. The summed E-state index contributed by atoms with van der Waals surface area (Å²) in [4.78, 5) is 58.9. The van der Waals surface area contributed by atoms with Gasteiger partial charge in [-0.05, 0) is 62.0 Å². The molecule has 5 rings (SSSR count). The van der Waals surface area contributed by atoms with Crippen LogP contribution in [0, 0.1) is 11.7 Å². The lowest BCUT2D eigenvalue weighted by Gasteiger charge is -2.36. The fraction of sp³-hybridized carbons (Fsp3) is 0.545. The minimum Gasteiger partial charge on any atom is -0.339 e. The van der Waals surface area contributed by atoms with Crippen LogP contribution in [0.25, 0.3) is 0 Å². The van der Waals surface area contributed by atoms with E-state index in [0.29, 0.717) is 50.5 Å². The molecule has 1 saturated heterocycles. The molecule has 0 radical (unpaired) electrons. The van der Waals surface area contributed by atoms with E-state index in [-0.39, 0.29) is 22.4 Å². The summed E-state index contributed by atoms with van der Waals surface area (Å²) in [5.41, 5.74) is 0.438. The first kappa shape index (κ1) is 35.1. The van der Waals surface area contributed by atoms with Gasteiger partial charge in [-0.3, -0.25) is 24.1 Å². The number of nitrogens with one attached hydrogen (secondary N) is 2. The molecule has 0 spiro atoms. The van der Waals surface area contributed by atoms with Crippen LogP contribution in [-0.4, -0.2) is 98.6 Å². The van der Waals surface area contributed by atoms with Crippen molar-refractivity contribution in [3.05, 3.63) is 52.9 Å². The zero-order valence-electron chi connectivity index (χ0n) is 27.7. The van der Waals surface area contributed by atoms with E-state index in [2.05, 4.69) is 30.2 Å². The lowest BCUT2D eigenvalue weighted by Crippen LogP contribution is -2.55. The van der Waals surface area contributed by atoms with Crippen molar-refractivity contribution < 1.29 is 23.6 Å². The van der Waals surface area contributed by atoms with Crippen LogP contribution in [0.2, 0.25) is 0 Å². The van der Waals surface area contributed by atoms with Crippen LogP contribution < -0.4 is 15.5 Å². The minimum absolute atomic E-state index is 0.0360. The van der Waals surface area contributed by atoms with Gasteiger partial charge in [0.15, 0.2) is 0 Å². The number of rotatable bonds is 12. The van der Waals surface area contributed by atoms with Crippen molar-refractivity contribution in [3.63, 3.8) is 0 Å². The summed E-state index contributed by atoms with van der Waals surface area (Å²) in [6.07, 6.45) is 9.14. The molecule has 1 aromatic carbocycles.